The molecule has 3 nitrogen and oxygen atoms in total. The molecule has 0 heterocycles. The highest BCUT2D eigenvalue weighted by atomic mass is 16.5. The van der Waals surface area contributed by atoms with E-state index in [1.54, 1.807) is 24.3 Å². The van der Waals surface area contributed by atoms with E-state index in [1.165, 1.54) is 0 Å². The third-order valence-electron chi connectivity index (χ3n) is 3.12. The van der Waals surface area contributed by atoms with Crippen molar-refractivity contribution in [3.05, 3.63) is 35.9 Å². The summed E-state index contributed by atoms with van der Waals surface area (Å²) in [6, 6.07) is 8.78. The average molecular weight is 232 g/mol. The molecule has 3 heteroatoms. The van der Waals surface area contributed by atoms with Crippen LogP contribution in [0.4, 0.5) is 0 Å². The van der Waals surface area contributed by atoms with Crippen LogP contribution in [0.1, 0.15) is 36.5 Å². The highest BCUT2D eigenvalue weighted by molar-refractivity contribution is 5.93. The monoisotopic (exact) mass is 232 g/mol. The Morgan fingerprint density at radius 1 is 1.29 bits per heavy atom. The molecular formula is C14H16O3. The second kappa shape index (κ2) is 5.13. The van der Waals surface area contributed by atoms with Gasteiger partial charge in [0.05, 0.1) is 5.56 Å². The summed E-state index contributed by atoms with van der Waals surface area (Å²) in [4.78, 5) is 23.4. The molecule has 17 heavy (non-hydrogen) atoms. The van der Waals surface area contributed by atoms with Gasteiger partial charge in [0.25, 0.3) is 0 Å². The van der Waals surface area contributed by atoms with E-state index in [2.05, 4.69) is 6.92 Å². The maximum atomic E-state index is 11.8. The second-order valence-corrected chi connectivity index (χ2v) is 4.61. The Kier molecular flexibility index (Phi) is 3.57. The van der Waals surface area contributed by atoms with Crippen molar-refractivity contribution in [2.24, 2.45) is 5.92 Å². The molecule has 2 unspecified atom stereocenters. The lowest BCUT2D eigenvalue weighted by atomic mass is 9.88. The summed E-state index contributed by atoms with van der Waals surface area (Å²) in [5, 5.41) is 0. The lowest BCUT2D eigenvalue weighted by Crippen LogP contribution is -2.33. The zero-order chi connectivity index (χ0) is 12.3. The Labute approximate surface area is 101 Å². The molecule has 0 aromatic heterocycles. The Morgan fingerprint density at radius 3 is 2.71 bits per heavy atom. The quantitative estimate of drug-likeness (QED) is 0.736. The van der Waals surface area contributed by atoms with Crippen molar-refractivity contribution < 1.29 is 14.3 Å². The highest BCUT2D eigenvalue weighted by Crippen LogP contribution is 2.24. The number of carbonyl (C=O) groups is 2. The number of esters is 1. The van der Waals surface area contributed by atoms with Gasteiger partial charge in [-0.25, -0.2) is 4.79 Å². The fraction of sp³-hybridized carbons (Fsp3) is 0.429. The summed E-state index contributed by atoms with van der Waals surface area (Å²) >= 11 is 0. The molecule has 0 aliphatic heterocycles. The van der Waals surface area contributed by atoms with Gasteiger partial charge in [-0.15, -0.1) is 0 Å². The molecule has 0 bridgehead atoms. The van der Waals surface area contributed by atoms with Crippen LogP contribution in [0.2, 0.25) is 0 Å². The van der Waals surface area contributed by atoms with E-state index < -0.39 is 12.1 Å². The SMILES string of the molecule is CC1CCC(=O)C(OC(=O)c2ccccc2)C1. The number of ketones is 1. The number of hydrogen-bond donors (Lipinski definition) is 0. The fourth-order valence-electron chi connectivity index (χ4n) is 2.05. The number of benzene rings is 1. The van der Waals surface area contributed by atoms with Crippen LogP contribution in [0, 0.1) is 5.92 Å². The molecule has 0 spiro atoms. The lowest BCUT2D eigenvalue weighted by molar-refractivity contribution is -0.131. The lowest BCUT2D eigenvalue weighted by Gasteiger charge is -2.25. The van der Waals surface area contributed by atoms with Crippen LogP contribution in [0.3, 0.4) is 0 Å². The molecule has 1 saturated carbocycles. The minimum atomic E-state index is -0.550. The molecule has 2 atom stereocenters. The molecular weight excluding hydrogens is 216 g/mol. The van der Waals surface area contributed by atoms with Gasteiger partial charge in [0.15, 0.2) is 11.9 Å². The van der Waals surface area contributed by atoms with Crippen molar-refractivity contribution in [1.29, 1.82) is 0 Å². The second-order valence-electron chi connectivity index (χ2n) is 4.61. The summed E-state index contributed by atoms with van der Waals surface area (Å²) in [5.74, 6) is 0.0895. The molecule has 1 aromatic rings. The molecule has 0 amide bonds. The molecule has 1 aliphatic carbocycles. The van der Waals surface area contributed by atoms with Crippen molar-refractivity contribution in [1.82, 2.24) is 0 Å². The standard InChI is InChI=1S/C14H16O3/c1-10-7-8-12(15)13(9-10)17-14(16)11-5-3-2-4-6-11/h2-6,10,13H,7-9H2,1H3. The van der Waals surface area contributed by atoms with E-state index >= 15 is 0 Å². The normalized spacial score (nSPS) is 24.4. The zero-order valence-electron chi connectivity index (χ0n) is 9.89. The minimum absolute atomic E-state index is 0.0485. The summed E-state index contributed by atoms with van der Waals surface area (Å²) < 4.78 is 5.27. The van der Waals surface area contributed by atoms with Gasteiger partial charge in [-0.1, -0.05) is 25.1 Å². The first-order valence-corrected chi connectivity index (χ1v) is 5.95. The van der Waals surface area contributed by atoms with Gasteiger partial charge in [0, 0.05) is 6.42 Å². The van der Waals surface area contributed by atoms with Crippen LogP contribution >= 0.6 is 0 Å². The first-order chi connectivity index (χ1) is 8.16. The summed E-state index contributed by atoms with van der Waals surface area (Å²) in [7, 11) is 0. The maximum Gasteiger partial charge on any atom is 0.338 e. The topological polar surface area (TPSA) is 43.4 Å². The number of ether oxygens (including phenoxy) is 1. The number of hydrogen-bond acceptors (Lipinski definition) is 3. The van der Waals surface area contributed by atoms with Crippen LogP contribution in [-0.4, -0.2) is 17.9 Å². The van der Waals surface area contributed by atoms with Crippen molar-refractivity contribution in [3.8, 4) is 0 Å². The Morgan fingerprint density at radius 2 is 2.00 bits per heavy atom. The van der Waals surface area contributed by atoms with Gasteiger partial charge in [-0.3, -0.25) is 4.79 Å². The van der Waals surface area contributed by atoms with Crippen molar-refractivity contribution in [2.45, 2.75) is 32.3 Å². The summed E-state index contributed by atoms with van der Waals surface area (Å²) in [6.45, 7) is 2.08. The first-order valence-electron chi connectivity index (χ1n) is 5.95. The molecule has 1 fully saturated rings. The summed E-state index contributed by atoms with van der Waals surface area (Å²) in [5.41, 5.74) is 0.499. The van der Waals surface area contributed by atoms with Crippen LogP contribution in [0.25, 0.3) is 0 Å². The highest BCUT2D eigenvalue weighted by Gasteiger charge is 2.29. The van der Waals surface area contributed by atoms with E-state index in [9.17, 15) is 9.59 Å². The summed E-state index contributed by atoms with van der Waals surface area (Å²) in [6.07, 6.45) is 1.52. The molecule has 0 radical (unpaired) electrons. The zero-order valence-corrected chi connectivity index (χ0v) is 9.89. The smallest absolute Gasteiger partial charge is 0.338 e. The van der Waals surface area contributed by atoms with Crippen molar-refractivity contribution in [2.75, 3.05) is 0 Å². The van der Waals surface area contributed by atoms with Crippen molar-refractivity contribution in [3.63, 3.8) is 0 Å². The molecule has 1 aliphatic rings. The van der Waals surface area contributed by atoms with E-state index in [0.29, 0.717) is 24.3 Å². The van der Waals surface area contributed by atoms with Crippen LogP contribution in [0.5, 0.6) is 0 Å². The van der Waals surface area contributed by atoms with Gasteiger partial charge in [0.2, 0.25) is 0 Å². The van der Waals surface area contributed by atoms with E-state index in [4.69, 9.17) is 4.74 Å². The van der Waals surface area contributed by atoms with E-state index in [0.717, 1.165) is 6.42 Å². The van der Waals surface area contributed by atoms with Gasteiger partial charge in [-0.2, -0.15) is 0 Å². The predicted octanol–water partition coefficient (Wildman–Crippen LogP) is 2.60. The van der Waals surface area contributed by atoms with E-state index in [1.807, 2.05) is 6.07 Å². The van der Waals surface area contributed by atoms with Crippen LogP contribution < -0.4 is 0 Å². The van der Waals surface area contributed by atoms with Gasteiger partial charge < -0.3 is 4.74 Å². The minimum Gasteiger partial charge on any atom is -0.451 e. The van der Waals surface area contributed by atoms with Gasteiger partial charge >= 0.3 is 5.97 Å². The Bertz CT molecular complexity index is 411. The largest absolute Gasteiger partial charge is 0.451 e. The Hall–Kier alpha value is -1.64. The van der Waals surface area contributed by atoms with Gasteiger partial charge in [0.1, 0.15) is 0 Å². The fourth-order valence-corrected chi connectivity index (χ4v) is 2.05. The Balaban J connectivity index is 2.01. The predicted molar refractivity (Wildman–Crippen MR) is 63.7 cm³/mol. The molecule has 1 aromatic carbocycles. The molecule has 2 rings (SSSR count). The van der Waals surface area contributed by atoms with Crippen molar-refractivity contribution >= 4 is 11.8 Å². The first kappa shape index (κ1) is 11.8. The van der Waals surface area contributed by atoms with Crippen LogP contribution in [0.15, 0.2) is 30.3 Å². The maximum absolute atomic E-state index is 11.8. The van der Waals surface area contributed by atoms with Gasteiger partial charge in [-0.05, 0) is 30.9 Å². The molecule has 0 N–H and O–H groups in total. The number of rotatable bonds is 2. The average Bonchev–Trinajstić information content (AvgIpc) is 2.35. The van der Waals surface area contributed by atoms with Crippen LogP contribution in [-0.2, 0) is 9.53 Å². The third-order valence-corrected chi connectivity index (χ3v) is 3.12. The third kappa shape index (κ3) is 2.93. The van der Waals surface area contributed by atoms with E-state index in [-0.39, 0.29) is 5.78 Å². The molecule has 90 valence electrons. The number of Topliss-reactive ketones (excluding diaryl/α,β-unsaturated/α-hetero) is 1. The number of carbonyl (C=O) groups excluding carboxylic acids is 2. The molecule has 0 saturated heterocycles.